The molecule has 1 aliphatic rings. The number of hydrogen-bond donors (Lipinski definition) is 3. The van der Waals surface area contributed by atoms with Gasteiger partial charge in [-0.3, -0.25) is 4.79 Å². The highest BCUT2D eigenvalue weighted by Gasteiger charge is 2.25. The van der Waals surface area contributed by atoms with E-state index < -0.39 is 0 Å². The Hall–Kier alpha value is -2.01. The first kappa shape index (κ1) is 17.3. The van der Waals surface area contributed by atoms with Gasteiger partial charge in [-0.05, 0) is 29.5 Å². The van der Waals surface area contributed by atoms with E-state index in [9.17, 15) is 4.79 Å². The van der Waals surface area contributed by atoms with Crippen LogP contribution in [-0.2, 0) is 4.79 Å². The second-order valence-electron chi connectivity index (χ2n) is 6.15. The zero-order chi connectivity index (χ0) is 15.5. The van der Waals surface area contributed by atoms with Crippen molar-refractivity contribution in [1.29, 1.82) is 0 Å². The van der Waals surface area contributed by atoms with Crippen LogP contribution in [0.5, 0.6) is 0 Å². The lowest BCUT2D eigenvalue weighted by Crippen LogP contribution is -2.23. The van der Waals surface area contributed by atoms with Gasteiger partial charge in [-0.15, -0.1) is 12.4 Å². The number of aromatic nitrogens is 2. The van der Waals surface area contributed by atoms with Crippen LogP contribution in [0.4, 0.5) is 5.95 Å². The number of carbonyl (C=O) groups excluding carboxylic acids is 1. The van der Waals surface area contributed by atoms with Gasteiger partial charge in [0.2, 0.25) is 5.91 Å². The Morgan fingerprint density at radius 2 is 2.09 bits per heavy atom. The van der Waals surface area contributed by atoms with Gasteiger partial charge in [0.15, 0.2) is 5.95 Å². The number of rotatable bonds is 5. The molecule has 5 N–H and O–H groups in total. The monoisotopic (exact) mass is 334 g/mol. The Balaban J connectivity index is 0.00000192. The molecule has 0 saturated heterocycles. The van der Waals surface area contributed by atoms with Crippen LogP contribution < -0.4 is 11.5 Å². The molecule has 2 aromatic rings. The topological polar surface area (TPSA) is 97.8 Å². The minimum atomic E-state index is -0.242. The molecule has 1 aromatic carbocycles. The number of aromatic amines is 1. The summed E-state index contributed by atoms with van der Waals surface area (Å²) in [6.45, 7) is 0. The molecule has 1 saturated carbocycles. The summed E-state index contributed by atoms with van der Waals surface area (Å²) in [6, 6.07) is 7.92. The van der Waals surface area contributed by atoms with Crippen molar-refractivity contribution in [1.82, 2.24) is 9.97 Å². The maximum atomic E-state index is 11.9. The molecule has 6 heteroatoms. The van der Waals surface area contributed by atoms with E-state index in [1.165, 1.54) is 25.7 Å². The van der Waals surface area contributed by atoms with Crippen LogP contribution in [0.3, 0.4) is 0 Å². The highest BCUT2D eigenvalue weighted by molar-refractivity contribution is 5.85. The van der Waals surface area contributed by atoms with Crippen molar-refractivity contribution in [3.8, 4) is 11.3 Å². The van der Waals surface area contributed by atoms with E-state index in [2.05, 4.69) is 9.97 Å². The molecule has 0 spiro atoms. The quantitative estimate of drug-likeness (QED) is 0.782. The molecule has 23 heavy (non-hydrogen) atoms. The van der Waals surface area contributed by atoms with E-state index in [1.54, 1.807) is 6.20 Å². The Morgan fingerprint density at radius 3 is 2.70 bits per heavy atom. The molecular formula is C17H23ClN4O. The number of imidazole rings is 1. The van der Waals surface area contributed by atoms with Gasteiger partial charge in [-0.2, -0.15) is 0 Å². The van der Waals surface area contributed by atoms with E-state index in [-0.39, 0.29) is 24.2 Å². The average Bonchev–Trinajstić information content (AvgIpc) is 3.16. The number of nitrogens with two attached hydrogens (primary N) is 2. The van der Waals surface area contributed by atoms with E-state index >= 15 is 0 Å². The molecule has 1 unspecified atom stereocenters. The van der Waals surface area contributed by atoms with Gasteiger partial charge in [-0.25, -0.2) is 4.98 Å². The predicted octanol–water partition coefficient (Wildman–Crippen LogP) is 3.23. The number of primary amides is 1. The van der Waals surface area contributed by atoms with Crippen molar-refractivity contribution in [2.75, 3.05) is 5.73 Å². The summed E-state index contributed by atoms with van der Waals surface area (Å²) in [7, 11) is 0. The van der Waals surface area contributed by atoms with E-state index in [1.807, 2.05) is 24.3 Å². The van der Waals surface area contributed by atoms with E-state index in [0.717, 1.165) is 23.2 Å². The van der Waals surface area contributed by atoms with Gasteiger partial charge in [0.25, 0.3) is 0 Å². The lowest BCUT2D eigenvalue weighted by atomic mass is 9.86. The van der Waals surface area contributed by atoms with Crippen LogP contribution in [0.15, 0.2) is 30.5 Å². The predicted molar refractivity (Wildman–Crippen MR) is 94.2 cm³/mol. The standard InChI is InChI=1S/C17H22N4O.ClH/c18-16(22)14(8-11-4-1-2-5-11)12-6-3-7-13(9-12)15-10-20-17(19)21-15;/h3,6-7,9-11,14H,1-2,4-5,8H2,(H2,18,22)(H3,19,20,21);1H. The third-order valence-corrected chi connectivity index (χ3v) is 4.58. The van der Waals surface area contributed by atoms with Crippen molar-refractivity contribution in [3.63, 3.8) is 0 Å². The molecule has 0 radical (unpaired) electrons. The van der Waals surface area contributed by atoms with Crippen LogP contribution in [0, 0.1) is 5.92 Å². The highest BCUT2D eigenvalue weighted by atomic mass is 35.5. The number of H-pyrrole nitrogens is 1. The molecule has 1 heterocycles. The van der Waals surface area contributed by atoms with Crippen LogP contribution in [0.25, 0.3) is 11.3 Å². The third kappa shape index (κ3) is 4.05. The summed E-state index contributed by atoms with van der Waals surface area (Å²) in [5.74, 6) is 0.540. The van der Waals surface area contributed by atoms with E-state index in [0.29, 0.717) is 11.9 Å². The fraction of sp³-hybridized carbons (Fsp3) is 0.412. The molecule has 1 aliphatic carbocycles. The Labute approximate surface area is 142 Å². The summed E-state index contributed by atoms with van der Waals surface area (Å²) in [6.07, 6.45) is 7.50. The molecule has 1 amide bonds. The summed E-state index contributed by atoms with van der Waals surface area (Å²) >= 11 is 0. The number of carbonyl (C=O) groups is 1. The average molecular weight is 335 g/mol. The van der Waals surface area contributed by atoms with Crippen molar-refractivity contribution in [2.24, 2.45) is 11.7 Å². The number of nitrogens with one attached hydrogen (secondary N) is 1. The number of anilines is 1. The second kappa shape index (κ2) is 7.51. The number of nitrogen functional groups attached to an aromatic ring is 1. The molecular weight excluding hydrogens is 312 g/mol. The SMILES string of the molecule is Cl.NC(=O)C(CC1CCCC1)c1cccc(-c2cnc(N)[nH]2)c1. The molecule has 1 fully saturated rings. The third-order valence-electron chi connectivity index (χ3n) is 4.58. The van der Waals surface area contributed by atoms with E-state index in [4.69, 9.17) is 11.5 Å². The molecule has 3 rings (SSSR count). The first-order chi connectivity index (χ1) is 10.6. The summed E-state index contributed by atoms with van der Waals surface area (Å²) in [4.78, 5) is 18.9. The van der Waals surface area contributed by atoms with Crippen molar-refractivity contribution in [3.05, 3.63) is 36.0 Å². The van der Waals surface area contributed by atoms with Crippen molar-refractivity contribution < 1.29 is 4.79 Å². The maximum Gasteiger partial charge on any atom is 0.224 e. The minimum Gasteiger partial charge on any atom is -0.369 e. The van der Waals surface area contributed by atoms with Gasteiger partial charge in [0.05, 0.1) is 17.8 Å². The Morgan fingerprint density at radius 1 is 1.35 bits per heavy atom. The first-order valence-electron chi connectivity index (χ1n) is 7.83. The fourth-order valence-electron chi connectivity index (χ4n) is 3.40. The number of benzene rings is 1. The van der Waals surface area contributed by atoms with Gasteiger partial charge in [-0.1, -0.05) is 43.9 Å². The smallest absolute Gasteiger partial charge is 0.224 e. The summed E-state index contributed by atoms with van der Waals surface area (Å²) in [5.41, 5.74) is 14.1. The lowest BCUT2D eigenvalue weighted by Gasteiger charge is -2.18. The van der Waals surface area contributed by atoms with Crippen molar-refractivity contribution >= 4 is 24.3 Å². The van der Waals surface area contributed by atoms with Gasteiger partial charge < -0.3 is 16.5 Å². The number of amides is 1. The van der Waals surface area contributed by atoms with Gasteiger partial charge in [0, 0.05) is 0 Å². The van der Waals surface area contributed by atoms with Crippen LogP contribution in [-0.4, -0.2) is 15.9 Å². The lowest BCUT2D eigenvalue weighted by molar-refractivity contribution is -0.119. The van der Waals surface area contributed by atoms with Crippen LogP contribution >= 0.6 is 12.4 Å². The maximum absolute atomic E-state index is 11.9. The minimum absolute atomic E-state index is 0. The van der Waals surface area contributed by atoms with Crippen LogP contribution in [0.1, 0.15) is 43.6 Å². The first-order valence-corrected chi connectivity index (χ1v) is 7.83. The zero-order valence-corrected chi connectivity index (χ0v) is 13.8. The molecule has 124 valence electrons. The zero-order valence-electron chi connectivity index (χ0n) is 13.0. The molecule has 0 aliphatic heterocycles. The number of nitrogens with zero attached hydrogens (tertiary/aromatic N) is 1. The molecule has 5 nitrogen and oxygen atoms in total. The second-order valence-corrected chi connectivity index (χ2v) is 6.15. The molecule has 1 atom stereocenters. The highest BCUT2D eigenvalue weighted by Crippen LogP contribution is 2.35. The van der Waals surface area contributed by atoms with Crippen molar-refractivity contribution in [2.45, 2.75) is 38.0 Å². The summed E-state index contributed by atoms with van der Waals surface area (Å²) in [5, 5.41) is 0. The largest absolute Gasteiger partial charge is 0.369 e. The molecule has 1 aromatic heterocycles. The normalized spacial score (nSPS) is 16.0. The number of halogens is 1. The van der Waals surface area contributed by atoms with Gasteiger partial charge >= 0.3 is 0 Å². The Kier molecular flexibility index (Phi) is 5.66. The van der Waals surface area contributed by atoms with Gasteiger partial charge in [0.1, 0.15) is 0 Å². The number of hydrogen-bond acceptors (Lipinski definition) is 3. The summed E-state index contributed by atoms with van der Waals surface area (Å²) < 4.78 is 0. The molecule has 0 bridgehead atoms. The van der Waals surface area contributed by atoms with Crippen LogP contribution in [0.2, 0.25) is 0 Å². The fourth-order valence-corrected chi connectivity index (χ4v) is 3.40. The Bertz CT molecular complexity index is 664.